The van der Waals surface area contributed by atoms with Crippen molar-refractivity contribution in [3.8, 4) is 5.75 Å². The maximum Gasteiger partial charge on any atom is 0.275 e. The zero-order valence-corrected chi connectivity index (χ0v) is 18.4. The van der Waals surface area contributed by atoms with Crippen molar-refractivity contribution in [3.63, 3.8) is 0 Å². The Balaban J connectivity index is 1.46. The van der Waals surface area contributed by atoms with E-state index in [9.17, 15) is 9.59 Å². The molecule has 9 heteroatoms. The summed E-state index contributed by atoms with van der Waals surface area (Å²) < 4.78 is 5.92. The van der Waals surface area contributed by atoms with Gasteiger partial charge in [0.25, 0.3) is 5.91 Å². The maximum absolute atomic E-state index is 12.8. The quantitative estimate of drug-likeness (QED) is 0.655. The van der Waals surface area contributed by atoms with Crippen LogP contribution in [0.2, 0.25) is 0 Å². The van der Waals surface area contributed by atoms with E-state index >= 15 is 0 Å². The minimum atomic E-state index is -0.712. The first kappa shape index (κ1) is 21.5. The second-order valence-electron chi connectivity index (χ2n) is 8.35. The topological polar surface area (TPSA) is 124 Å². The van der Waals surface area contributed by atoms with E-state index in [2.05, 4.69) is 10.3 Å². The van der Waals surface area contributed by atoms with E-state index in [4.69, 9.17) is 16.2 Å². The molecule has 1 fully saturated rings. The van der Waals surface area contributed by atoms with Gasteiger partial charge >= 0.3 is 0 Å². The van der Waals surface area contributed by atoms with Crippen molar-refractivity contribution in [3.05, 3.63) is 45.9 Å². The van der Waals surface area contributed by atoms with Gasteiger partial charge in [-0.2, -0.15) is 0 Å². The van der Waals surface area contributed by atoms with Crippen molar-refractivity contribution < 1.29 is 14.3 Å². The van der Waals surface area contributed by atoms with Crippen molar-refractivity contribution in [2.75, 3.05) is 18.4 Å². The number of thiazole rings is 1. The molecular weight excluding hydrogens is 414 g/mol. The van der Waals surface area contributed by atoms with Crippen molar-refractivity contribution in [2.24, 2.45) is 11.5 Å². The molecule has 2 aliphatic heterocycles. The molecule has 164 valence electrons. The molecule has 1 unspecified atom stereocenters. The summed E-state index contributed by atoms with van der Waals surface area (Å²) in [7, 11) is 0. The Morgan fingerprint density at radius 3 is 3.00 bits per heavy atom. The molecule has 0 bridgehead atoms. The van der Waals surface area contributed by atoms with Crippen LogP contribution in [-0.4, -0.2) is 46.4 Å². The molecule has 2 amide bonds. The molecule has 0 aliphatic carbocycles. The number of amides is 2. The van der Waals surface area contributed by atoms with Crippen LogP contribution in [0.1, 0.15) is 53.8 Å². The van der Waals surface area contributed by atoms with Crippen molar-refractivity contribution in [2.45, 2.75) is 44.4 Å². The Labute approximate surface area is 185 Å². The molecule has 0 radical (unpaired) electrons. The number of nitrogens with zero attached hydrogens (tertiary/aromatic N) is 2. The number of benzene rings is 1. The first-order valence-electron chi connectivity index (χ1n) is 10.3. The highest BCUT2D eigenvalue weighted by Crippen LogP contribution is 2.35. The normalized spacial score (nSPS) is 20.1. The van der Waals surface area contributed by atoms with Crippen LogP contribution >= 0.6 is 11.3 Å². The average Bonchev–Trinajstić information content (AvgIpc) is 3.41. The van der Waals surface area contributed by atoms with Crippen molar-refractivity contribution in [1.29, 1.82) is 0 Å². The summed E-state index contributed by atoms with van der Waals surface area (Å²) in [6, 6.07) is 4.66. The lowest BCUT2D eigenvalue weighted by molar-refractivity contribution is -0.133. The molecule has 2 aliphatic rings. The predicted octanol–water partition coefficient (Wildman–Crippen LogP) is 2.53. The van der Waals surface area contributed by atoms with Gasteiger partial charge in [-0.05, 0) is 51.0 Å². The van der Waals surface area contributed by atoms with Crippen LogP contribution in [0, 0.1) is 0 Å². The lowest BCUT2D eigenvalue weighted by atomic mass is 10.0. The van der Waals surface area contributed by atoms with Crippen LogP contribution in [0.3, 0.4) is 0 Å². The smallest absolute Gasteiger partial charge is 0.275 e. The second kappa shape index (κ2) is 8.41. The fourth-order valence-electron chi connectivity index (χ4n) is 3.80. The molecule has 5 N–H and O–H groups in total. The minimum absolute atomic E-state index is 0.103. The number of carbonyl (C=O) groups is 2. The van der Waals surface area contributed by atoms with Crippen LogP contribution in [0.5, 0.6) is 5.75 Å². The lowest BCUT2D eigenvalue weighted by Crippen LogP contribution is -2.47. The van der Waals surface area contributed by atoms with E-state index in [-0.39, 0.29) is 30.0 Å². The summed E-state index contributed by atoms with van der Waals surface area (Å²) in [5.41, 5.74) is 12.9. The number of hydrogen-bond acceptors (Lipinski definition) is 7. The fraction of sp³-hybridized carbons (Fsp3) is 0.409. The fourth-order valence-corrected chi connectivity index (χ4v) is 4.74. The molecule has 31 heavy (non-hydrogen) atoms. The molecule has 8 nitrogen and oxygen atoms in total. The summed E-state index contributed by atoms with van der Waals surface area (Å²) in [5.74, 6) is 0.319. The molecular formula is C22H27N5O3S. The maximum atomic E-state index is 12.8. The third-order valence-electron chi connectivity index (χ3n) is 5.45. The number of carbonyl (C=O) groups excluding carboxylic acids is 2. The van der Waals surface area contributed by atoms with E-state index in [1.165, 1.54) is 11.3 Å². The summed E-state index contributed by atoms with van der Waals surface area (Å²) in [6.45, 7) is 4.71. The van der Waals surface area contributed by atoms with Gasteiger partial charge in [0.15, 0.2) is 0 Å². The van der Waals surface area contributed by atoms with Crippen LogP contribution in [0.25, 0.3) is 6.08 Å². The Morgan fingerprint density at radius 1 is 1.42 bits per heavy atom. The van der Waals surface area contributed by atoms with Gasteiger partial charge in [0.1, 0.15) is 22.1 Å². The summed E-state index contributed by atoms with van der Waals surface area (Å²) in [6.07, 6.45) is 5.65. The third-order valence-corrected chi connectivity index (χ3v) is 6.40. The second-order valence-corrected chi connectivity index (χ2v) is 9.24. The van der Waals surface area contributed by atoms with Gasteiger partial charge in [0.2, 0.25) is 5.91 Å². The van der Waals surface area contributed by atoms with Gasteiger partial charge in [0, 0.05) is 29.7 Å². The monoisotopic (exact) mass is 441 g/mol. The van der Waals surface area contributed by atoms with Crippen LogP contribution < -0.4 is 21.5 Å². The number of nitrogens with two attached hydrogens (primary N) is 2. The molecule has 3 heterocycles. The number of hydrogen-bond donors (Lipinski definition) is 3. The molecule has 1 saturated heterocycles. The SMILES string of the molecule is CC1(C)C=Cc2cc(NC(=O)c3csc([C@H]4CCCN4C(=O)C(N)CN)n3)ccc2O1. The molecule has 1 aromatic heterocycles. The number of nitrogens with one attached hydrogen (secondary N) is 1. The van der Waals surface area contributed by atoms with E-state index in [1.807, 2.05) is 44.2 Å². The van der Waals surface area contributed by atoms with Crippen LogP contribution in [0.4, 0.5) is 5.69 Å². The number of fused-ring (bicyclic) bond motifs is 1. The highest BCUT2D eigenvalue weighted by atomic mass is 32.1. The standard InChI is InChI=1S/C22H27N5O3S/c1-22(2)8-7-13-10-14(5-6-18(13)30-22)25-19(28)16-12-31-20(26-16)17-4-3-9-27(17)21(29)15(24)11-23/h5-8,10,12,15,17H,3-4,9,11,23-24H2,1-2H3,(H,25,28)/t15?,17-/m1/s1. The number of rotatable bonds is 5. The third kappa shape index (κ3) is 4.48. The van der Waals surface area contributed by atoms with Gasteiger partial charge in [0.05, 0.1) is 12.1 Å². The first-order valence-corrected chi connectivity index (χ1v) is 11.2. The van der Waals surface area contributed by atoms with Crippen LogP contribution in [0.15, 0.2) is 29.7 Å². The number of anilines is 1. The van der Waals surface area contributed by atoms with E-state index in [0.717, 1.165) is 29.2 Å². The zero-order chi connectivity index (χ0) is 22.2. The molecule has 1 aromatic carbocycles. The van der Waals surface area contributed by atoms with Gasteiger partial charge in [-0.3, -0.25) is 9.59 Å². The minimum Gasteiger partial charge on any atom is -0.483 e. The Bertz CT molecular complexity index is 1030. The molecule has 0 spiro atoms. The largest absolute Gasteiger partial charge is 0.483 e. The van der Waals surface area contributed by atoms with Crippen molar-refractivity contribution in [1.82, 2.24) is 9.88 Å². The highest BCUT2D eigenvalue weighted by molar-refractivity contribution is 7.10. The van der Waals surface area contributed by atoms with E-state index in [0.29, 0.717) is 17.9 Å². The number of aromatic nitrogens is 1. The summed E-state index contributed by atoms with van der Waals surface area (Å²) in [5, 5.41) is 5.35. The molecule has 2 atom stereocenters. The zero-order valence-electron chi connectivity index (χ0n) is 17.6. The molecule has 2 aromatic rings. The Kier molecular flexibility index (Phi) is 5.83. The van der Waals surface area contributed by atoms with E-state index < -0.39 is 6.04 Å². The Morgan fingerprint density at radius 2 is 2.23 bits per heavy atom. The van der Waals surface area contributed by atoms with Gasteiger partial charge in [-0.15, -0.1) is 11.3 Å². The molecule has 0 saturated carbocycles. The van der Waals surface area contributed by atoms with Gasteiger partial charge in [-0.1, -0.05) is 6.08 Å². The lowest BCUT2D eigenvalue weighted by Gasteiger charge is -2.28. The summed E-state index contributed by atoms with van der Waals surface area (Å²) in [4.78, 5) is 31.5. The number of likely N-dealkylation sites (tertiary alicyclic amines) is 1. The summed E-state index contributed by atoms with van der Waals surface area (Å²) >= 11 is 1.38. The average molecular weight is 442 g/mol. The van der Waals surface area contributed by atoms with Gasteiger partial charge in [-0.25, -0.2) is 4.98 Å². The Hall–Kier alpha value is -2.75. The predicted molar refractivity (Wildman–Crippen MR) is 121 cm³/mol. The van der Waals surface area contributed by atoms with Crippen LogP contribution in [-0.2, 0) is 4.79 Å². The van der Waals surface area contributed by atoms with Crippen molar-refractivity contribution >= 4 is 34.9 Å². The highest BCUT2D eigenvalue weighted by Gasteiger charge is 2.34. The van der Waals surface area contributed by atoms with E-state index in [1.54, 1.807) is 10.3 Å². The first-order chi connectivity index (χ1) is 14.8. The number of ether oxygens (including phenoxy) is 1. The van der Waals surface area contributed by atoms with Gasteiger partial charge < -0.3 is 26.4 Å². The molecule has 4 rings (SSSR count).